The molecule has 0 saturated heterocycles. The topological polar surface area (TPSA) is 52.3 Å². The number of esters is 1. The average molecular weight is 246 g/mol. The summed E-state index contributed by atoms with van der Waals surface area (Å²) in [5, 5.41) is 0.127. The molecule has 0 saturated carbocycles. The molecule has 2 N–H and O–H groups in total. The Labute approximate surface area is 98.3 Å². The minimum atomic E-state index is -0.815. The van der Waals surface area contributed by atoms with Crippen molar-refractivity contribution >= 4 is 23.3 Å². The Balaban J connectivity index is 3.14. The summed E-state index contributed by atoms with van der Waals surface area (Å²) in [6.07, 6.45) is 0. The lowest BCUT2D eigenvalue weighted by atomic mass is 10.1. The fourth-order valence-electron chi connectivity index (χ4n) is 1.10. The summed E-state index contributed by atoms with van der Waals surface area (Å²) in [7, 11) is 0. The summed E-state index contributed by atoms with van der Waals surface area (Å²) in [4.78, 5) is 11.7. The Morgan fingerprint density at radius 3 is 2.50 bits per heavy atom. The molecule has 0 aliphatic rings. The molecule has 1 rings (SSSR count). The molecule has 0 aromatic heterocycles. The third-order valence-electron chi connectivity index (χ3n) is 1.74. The van der Waals surface area contributed by atoms with E-state index in [0.29, 0.717) is 0 Å². The molecule has 0 atom stereocenters. The van der Waals surface area contributed by atoms with Crippen LogP contribution in [0.3, 0.4) is 0 Å². The van der Waals surface area contributed by atoms with Crippen LogP contribution in [-0.2, 0) is 4.74 Å². The molecule has 0 aliphatic heterocycles. The summed E-state index contributed by atoms with van der Waals surface area (Å²) in [5.74, 6) is -1.55. The van der Waals surface area contributed by atoms with Crippen LogP contribution in [0.4, 0.5) is 10.1 Å². The van der Waals surface area contributed by atoms with E-state index in [4.69, 9.17) is 22.1 Å². The Bertz CT molecular complexity index is 427. The second kappa shape index (κ2) is 4.29. The van der Waals surface area contributed by atoms with Gasteiger partial charge in [-0.25, -0.2) is 9.18 Å². The Morgan fingerprint density at radius 1 is 1.44 bits per heavy atom. The highest BCUT2D eigenvalue weighted by atomic mass is 35.5. The molecule has 5 heteroatoms. The van der Waals surface area contributed by atoms with Crippen LogP contribution in [0, 0.1) is 5.82 Å². The minimum Gasteiger partial charge on any atom is -0.456 e. The quantitative estimate of drug-likeness (QED) is 0.611. The van der Waals surface area contributed by atoms with E-state index in [2.05, 4.69) is 0 Å². The SMILES string of the molecule is CC(C)(C)OC(=O)c1c(F)ccc(Cl)c1N. The van der Waals surface area contributed by atoms with Gasteiger partial charge in [0.1, 0.15) is 17.0 Å². The van der Waals surface area contributed by atoms with Gasteiger partial charge in [0, 0.05) is 0 Å². The van der Waals surface area contributed by atoms with Gasteiger partial charge in [0.2, 0.25) is 0 Å². The smallest absolute Gasteiger partial charge is 0.343 e. The molecule has 0 bridgehead atoms. The highest BCUT2D eigenvalue weighted by Gasteiger charge is 2.23. The largest absolute Gasteiger partial charge is 0.456 e. The summed E-state index contributed by atoms with van der Waals surface area (Å²) in [5.41, 5.74) is 4.40. The van der Waals surface area contributed by atoms with Crippen LogP contribution in [0.2, 0.25) is 5.02 Å². The number of ether oxygens (including phenoxy) is 1. The van der Waals surface area contributed by atoms with Crippen LogP contribution in [0.15, 0.2) is 12.1 Å². The van der Waals surface area contributed by atoms with Crippen LogP contribution < -0.4 is 5.73 Å². The number of nitrogen functional groups attached to an aromatic ring is 1. The summed E-state index contributed by atoms with van der Waals surface area (Å²) in [6, 6.07) is 2.37. The van der Waals surface area contributed by atoms with Gasteiger partial charge < -0.3 is 10.5 Å². The highest BCUT2D eigenvalue weighted by Crippen LogP contribution is 2.27. The van der Waals surface area contributed by atoms with Crippen LogP contribution in [0.5, 0.6) is 0 Å². The molecule has 0 fully saturated rings. The van der Waals surface area contributed by atoms with Crippen molar-refractivity contribution in [1.29, 1.82) is 0 Å². The van der Waals surface area contributed by atoms with E-state index in [1.165, 1.54) is 6.07 Å². The predicted octanol–water partition coefficient (Wildman–Crippen LogP) is 3.02. The number of rotatable bonds is 1. The molecule has 3 nitrogen and oxygen atoms in total. The van der Waals surface area contributed by atoms with E-state index in [9.17, 15) is 9.18 Å². The van der Waals surface area contributed by atoms with Gasteiger partial charge in [-0.1, -0.05) is 11.6 Å². The van der Waals surface area contributed by atoms with Crippen LogP contribution in [0.25, 0.3) is 0 Å². The number of hydrogen-bond donors (Lipinski definition) is 1. The maximum atomic E-state index is 13.4. The molecule has 0 unspecified atom stereocenters. The van der Waals surface area contributed by atoms with Crippen molar-refractivity contribution in [3.8, 4) is 0 Å². The molecular formula is C11H13ClFNO2. The molecule has 1 aromatic carbocycles. The molecule has 88 valence electrons. The molecule has 0 spiro atoms. The van der Waals surface area contributed by atoms with Crippen molar-refractivity contribution in [2.24, 2.45) is 0 Å². The highest BCUT2D eigenvalue weighted by molar-refractivity contribution is 6.33. The van der Waals surface area contributed by atoms with Gasteiger partial charge in [-0.15, -0.1) is 0 Å². The minimum absolute atomic E-state index is 0.101. The predicted molar refractivity (Wildman–Crippen MR) is 61.0 cm³/mol. The standard InChI is InChI=1S/C11H13ClFNO2/c1-11(2,3)16-10(15)8-7(13)5-4-6(12)9(8)14/h4-5H,14H2,1-3H3. The van der Waals surface area contributed by atoms with Gasteiger partial charge in [-0.2, -0.15) is 0 Å². The first kappa shape index (κ1) is 12.8. The number of carbonyl (C=O) groups is 1. The van der Waals surface area contributed by atoms with E-state index in [1.54, 1.807) is 20.8 Å². The molecule has 1 aromatic rings. The lowest BCUT2D eigenvalue weighted by Gasteiger charge is -2.20. The van der Waals surface area contributed by atoms with Gasteiger partial charge in [0.15, 0.2) is 0 Å². The normalized spacial score (nSPS) is 11.3. The zero-order chi connectivity index (χ0) is 12.5. The lowest BCUT2D eigenvalue weighted by Crippen LogP contribution is -2.25. The second-order valence-corrected chi connectivity index (χ2v) is 4.73. The molecule has 0 radical (unpaired) electrons. The first-order chi connectivity index (χ1) is 7.22. The third-order valence-corrected chi connectivity index (χ3v) is 2.07. The molecule has 0 aliphatic carbocycles. The Morgan fingerprint density at radius 2 is 2.00 bits per heavy atom. The van der Waals surface area contributed by atoms with Gasteiger partial charge in [-0.3, -0.25) is 0 Å². The van der Waals surface area contributed by atoms with Crippen LogP contribution >= 0.6 is 11.6 Å². The van der Waals surface area contributed by atoms with E-state index < -0.39 is 17.4 Å². The lowest BCUT2D eigenvalue weighted by molar-refractivity contribution is 0.00661. The van der Waals surface area contributed by atoms with Crippen molar-refractivity contribution < 1.29 is 13.9 Å². The second-order valence-electron chi connectivity index (χ2n) is 4.32. The number of nitrogens with two attached hydrogens (primary N) is 1. The maximum Gasteiger partial charge on any atom is 0.343 e. The maximum absolute atomic E-state index is 13.4. The van der Waals surface area contributed by atoms with Crippen LogP contribution in [-0.4, -0.2) is 11.6 Å². The van der Waals surface area contributed by atoms with E-state index in [0.717, 1.165) is 6.07 Å². The van der Waals surface area contributed by atoms with E-state index in [-0.39, 0.29) is 16.3 Å². The average Bonchev–Trinajstić information content (AvgIpc) is 2.09. The van der Waals surface area contributed by atoms with Gasteiger partial charge in [0.25, 0.3) is 0 Å². The summed E-state index contributed by atoms with van der Waals surface area (Å²) < 4.78 is 18.4. The van der Waals surface area contributed by atoms with Gasteiger partial charge in [-0.05, 0) is 32.9 Å². The van der Waals surface area contributed by atoms with Crippen molar-refractivity contribution in [2.45, 2.75) is 26.4 Å². The van der Waals surface area contributed by atoms with Gasteiger partial charge in [0.05, 0.1) is 10.7 Å². The fourth-order valence-corrected chi connectivity index (χ4v) is 1.26. The van der Waals surface area contributed by atoms with E-state index in [1.807, 2.05) is 0 Å². The molecule has 0 amide bonds. The third kappa shape index (κ3) is 2.85. The number of carbonyl (C=O) groups excluding carboxylic acids is 1. The van der Waals surface area contributed by atoms with Crippen LogP contribution in [0.1, 0.15) is 31.1 Å². The Kier molecular flexibility index (Phi) is 3.43. The zero-order valence-electron chi connectivity index (χ0n) is 9.30. The zero-order valence-corrected chi connectivity index (χ0v) is 10.1. The number of anilines is 1. The summed E-state index contributed by atoms with van der Waals surface area (Å²) in [6.45, 7) is 5.05. The molecular weight excluding hydrogens is 233 g/mol. The van der Waals surface area contributed by atoms with E-state index >= 15 is 0 Å². The first-order valence-electron chi connectivity index (χ1n) is 4.69. The number of halogens is 2. The number of hydrogen-bond acceptors (Lipinski definition) is 3. The van der Waals surface area contributed by atoms with Gasteiger partial charge >= 0.3 is 5.97 Å². The first-order valence-corrected chi connectivity index (χ1v) is 5.07. The van der Waals surface area contributed by atoms with Crippen molar-refractivity contribution in [3.63, 3.8) is 0 Å². The summed E-state index contributed by atoms with van der Waals surface area (Å²) >= 11 is 5.70. The Hall–Kier alpha value is -1.29. The number of benzene rings is 1. The van der Waals surface area contributed by atoms with Crippen molar-refractivity contribution in [1.82, 2.24) is 0 Å². The molecule has 0 heterocycles. The van der Waals surface area contributed by atoms with Crippen molar-refractivity contribution in [2.75, 3.05) is 5.73 Å². The van der Waals surface area contributed by atoms with Crippen molar-refractivity contribution in [3.05, 3.63) is 28.5 Å². The molecule has 16 heavy (non-hydrogen) atoms. The monoisotopic (exact) mass is 245 g/mol. The fraction of sp³-hybridized carbons (Fsp3) is 0.364.